The molecule has 0 unspecified atom stereocenters. The van der Waals surface area contributed by atoms with Crippen LogP contribution >= 0.6 is 0 Å². The normalized spacial score (nSPS) is 27.9. The molecule has 1 saturated heterocycles. The van der Waals surface area contributed by atoms with E-state index in [0.717, 1.165) is 5.56 Å². The van der Waals surface area contributed by atoms with Crippen LogP contribution in [-0.2, 0) is 11.2 Å². The quantitative estimate of drug-likeness (QED) is 0.755. The van der Waals surface area contributed by atoms with E-state index in [1.807, 2.05) is 51.3 Å². The van der Waals surface area contributed by atoms with Crippen LogP contribution in [0.2, 0.25) is 0 Å². The van der Waals surface area contributed by atoms with Gasteiger partial charge < -0.3 is 19.1 Å². The second-order valence-electron chi connectivity index (χ2n) is 8.28. The summed E-state index contributed by atoms with van der Waals surface area (Å²) in [7, 11) is 3.75. The molecule has 3 atom stereocenters. The maximum absolute atomic E-state index is 15.7. The van der Waals surface area contributed by atoms with Crippen LogP contribution in [0.15, 0.2) is 20.6 Å². The van der Waals surface area contributed by atoms with Gasteiger partial charge in [-0.2, -0.15) is 0 Å². The van der Waals surface area contributed by atoms with Gasteiger partial charge in [0.15, 0.2) is 11.6 Å². The molecule has 148 valence electrons. The molecule has 1 aromatic heterocycles. The van der Waals surface area contributed by atoms with Crippen LogP contribution < -0.4 is 9.80 Å². The topological polar surface area (TPSA) is 66.5 Å². The maximum atomic E-state index is 15.7. The molecule has 3 aliphatic rings. The molecule has 1 fully saturated rings. The molecule has 28 heavy (non-hydrogen) atoms. The molecule has 2 aromatic rings. The van der Waals surface area contributed by atoms with Crippen LogP contribution in [-0.4, -0.2) is 63.1 Å². The summed E-state index contributed by atoms with van der Waals surface area (Å²) in [6.07, 6.45) is 4.49. The molecule has 0 saturated carbocycles. The van der Waals surface area contributed by atoms with Crippen LogP contribution in [0.5, 0.6) is 0 Å². The zero-order valence-corrected chi connectivity index (χ0v) is 16.5. The van der Waals surface area contributed by atoms with E-state index in [1.165, 1.54) is 0 Å². The van der Waals surface area contributed by atoms with E-state index >= 15 is 4.39 Å². The molecule has 8 heteroatoms. The third kappa shape index (κ3) is 2.33. The first-order valence-corrected chi connectivity index (χ1v) is 9.63. The lowest BCUT2D eigenvalue weighted by Crippen LogP contribution is -2.65. The summed E-state index contributed by atoms with van der Waals surface area (Å²) in [4.78, 5) is 12.9. The SMILES string of the molecule is C[C@@H]1CN2c3c(cc4c(N(C)C)noc4c3F)CC3(C=NCN=C3)[C@H]2[C@H](C)O1. The van der Waals surface area contributed by atoms with Crippen molar-refractivity contribution in [3.8, 4) is 0 Å². The molecule has 7 nitrogen and oxygen atoms in total. The lowest BCUT2D eigenvalue weighted by atomic mass is 9.69. The van der Waals surface area contributed by atoms with Crippen molar-refractivity contribution in [3.63, 3.8) is 0 Å². The summed E-state index contributed by atoms with van der Waals surface area (Å²) >= 11 is 0. The van der Waals surface area contributed by atoms with E-state index in [9.17, 15) is 0 Å². The lowest BCUT2D eigenvalue weighted by molar-refractivity contribution is -0.0432. The third-order valence-corrected chi connectivity index (χ3v) is 6.00. The average molecular weight is 385 g/mol. The number of halogens is 1. The predicted octanol–water partition coefficient (Wildman–Crippen LogP) is 2.67. The summed E-state index contributed by atoms with van der Waals surface area (Å²) in [6, 6.07) is 1.94. The predicted molar refractivity (Wildman–Crippen MR) is 107 cm³/mol. The number of aromatic nitrogens is 1. The van der Waals surface area contributed by atoms with Crippen LogP contribution in [0.1, 0.15) is 19.4 Å². The molecule has 1 spiro atoms. The van der Waals surface area contributed by atoms with Gasteiger partial charge in [0.1, 0.15) is 6.67 Å². The minimum absolute atomic E-state index is 0.00567. The van der Waals surface area contributed by atoms with E-state index in [-0.39, 0.29) is 29.7 Å². The Hall–Kier alpha value is -2.48. The maximum Gasteiger partial charge on any atom is 0.206 e. The van der Waals surface area contributed by atoms with E-state index in [1.54, 1.807) is 0 Å². The van der Waals surface area contributed by atoms with E-state index in [0.29, 0.717) is 36.5 Å². The Labute approximate surface area is 162 Å². The standard InChI is InChI=1S/C20H24FN5O2/c1-11-7-26-16-13(5-14-17(15(16)21)28-24-19(14)25(3)4)6-20(8-22-10-23-9-20)18(26)12(2)27-11/h5,8-9,11-12,18H,6-7,10H2,1-4H3/t11-,12+,18-/m1/s1. The average Bonchev–Trinajstić information content (AvgIpc) is 3.06. The Bertz CT molecular complexity index is 986. The molecule has 0 bridgehead atoms. The van der Waals surface area contributed by atoms with Crippen molar-refractivity contribution in [2.24, 2.45) is 15.4 Å². The highest BCUT2D eigenvalue weighted by Crippen LogP contribution is 2.47. The first kappa shape index (κ1) is 17.6. The highest BCUT2D eigenvalue weighted by Gasteiger charge is 2.52. The first-order chi connectivity index (χ1) is 13.4. The first-order valence-electron chi connectivity index (χ1n) is 9.63. The van der Waals surface area contributed by atoms with Gasteiger partial charge in [-0.15, -0.1) is 0 Å². The van der Waals surface area contributed by atoms with Gasteiger partial charge in [0, 0.05) is 33.1 Å². The number of nitrogens with zero attached hydrogens (tertiary/aromatic N) is 5. The zero-order valence-electron chi connectivity index (χ0n) is 16.5. The fourth-order valence-corrected chi connectivity index (χ4v) is 5.10. The fraction of sp³-hybridized carbons (Fsp3) is 0.550. The fourth-order valence-electron chi connectivity index (χ4n) is 5.10. The Kier molecular flexibility index (Phi) is 3.78. The molecule has 4 heterocycles. The van der Waals surface area contributed by atoms with E-state index in [2.05, 4.69) is 20.0 Å². The number of aliphatic imine (C=N–C) groups is 2. The van der Waals surface area contributed by atoms with Gasteiger partial charge in [-0.25, -0.2) is 4.39 Å². The minimum atomic E-state index is -0.416. The van der Waals surface area contributed by atoms with Gasteiger partial charge in [-0.1, -0.05) is 5.16 Å². The molecule has 3 aliphatic heterocycles. The summed E-state index contributed by atoms with van der Waals surface area (Å²) in [5.74, 6) is 0.279. The van der Waals surface area contributed by atoms with Crippen molar-refractivity contribution in [2.75, 3.05) is 37.1 Å². The van der Waals surface area contributed by atoms with E-state index in [4.69, 9.17) is 9.26 Å². The number of rotatable bonds is 1. The van der Waals surface area contributed by atoms with Crippen LogP contribution in [0.4, 0.5) is 15.9 Å². The monoisotopic (exact) mass is 385 g/mol. The van der Waals surface area contributed by atoms with Crippen molar-refractivity contribution in [3.05, 3.63) is 17.4 Å². The van der Waals surface area contributed by atoms with Gasteiger partial charge in [0.05, 0.1) is 34.7 Å². The number of ether oxygens (including phenoxy) is 1. The number of benzene rings is 1. The van der Waals surface area contributed by atoms with Gasteiger partial charge >= 0.3 is 0 Å². The Morgan fingerprint density at radius 2 is 2.00 bits per heavy atom. The van der Waals surface area contributed by atoms with Crippen molar-refractivity contribution in [1.29, 1.82) is 0 Å². The summed E-state index contributed by atoms with van der Waals surface area (Å²) in [5, 5.41) is 4.77. The van der Waals surface area contributed by atoms with Crippen molar-refractivity contribution in [2.45, 2.75) is 38.5 Å². The number of hydrogen-bond acceptors (Lipinski definition) is 7. The third-order valence-electron chi connectivity index (χ3n) is 6.00. The molecule has 1 aromatic carbocycles. The largest absolute Gasteiger partial charge is 0.372 e. The molecule has 0 radical (unpaired) electrons. The van der Waals surface area contributed by atoms with Gasteiger partial charge in [0.25, 0.3) is 0 Å². The molecule has 5 rings (SSSR count). The molecule has 0 amide bonds. The van der Waals surface area contributed by atoms with Crippen molar-refractivity contribution in [1.82, 2.24) is 5.16 Å². The molecule has 0 N–H and O–H groups in total. The van der Waals surface area contributed by atoms with Gasteiger partial charge in [-0.05, 0) is 31.9 Å². The summed E-state index contributed by atoms with van der Waals surface area (Å²) < 4.78 is 27.2. The van der Waals surface area contributed by atoms with Crippen LogP contribution in [0.3, 0.4) is 0 Å². The summed E-state index contributed by atoms with van der Waals surface area (Å²) in [6.45, 7) is 5.11. The molecular formula is C20H24FN5O2. The smallest absolute Gasteiger partial charge is 0.206 e. The number of morpholine rings is 1. The lowest BCUT2D eigenvalue weighted by Gasteiger charge is -2.54. The van der Waals surface area contributed by atoms with E-state index < -0.39 is 5.41 Å². The number of hydrogen-bond donors (Lipinski definition) is 0. The minimum Gasteiger partial charge on any atom is -0.372 e. The Morgan fingerprint density at radius 3 is 2.71 bits per heavy atom. The number of fused-ring (bicyclic) bond motifs is 5. The number of anilines is 2. The molecule has 0 aliphatic carbocycles. The van der Waals surface area contributed by atoms with Crippen molar-refractivity contribution >= 4 is 34.9 Å². The second kappa shape index (κ2) is 6.01. The highest BCUT2D eigenvalue weighted by atomic mass is 19.1. The summed E-state index contributed by atoms with van der Waals surface area (Å²) in [5.41, 5.74) is 1.31. The molecular weight excluding hydrogens is 361 g/mol. The Morgan fingerprint density at radius 1 is 1.25 bits per heavy atom. The van der Waals surface area contributed by atoms with Gasteiger partial charge in [0.2, 0.25) is 5.58 Å². The highest BCUT2D eigenvalue weighted by molar-refractivity contribution is 5.97. The van der Waals surface area contributed by atoms with Crippen molar-refractivity contribution < 1.29 is 13.7 Å². The Balaban J connectivity index is 1.76. The zero-order chi connectivity index (χ0) is 19.6. The second-order valence-corrected chi connectivity index (χ2v) is 8.28. The van der Waals surface area contributed by atoms with Crippen LogP contribution in [0.25, 0.3) is 11.0 Å². The van der Waals surface area contributed by atoms with Crippen LogP contribution in [0, 0.1) is 11.2 Å². The van der Waals surface area contributed by atoms with Gasteiger partial charge in [-0.3, -0.25) is 9.98 Å².